The van der Waals surface area contributed by atoms with Crippen LogP contribution in [-0.2, 0) is 25.0 Å². The van der Waals surface area contributed by atoms with Crippen molar-refractivity contribution in [1.29, 1.82) is 0 Å². The number of sulfone groups is 1. The van der Waals surface area contributed by atoms with Crippen LogP contribution in [-0.4, -0.2) is 31.6 Å². The molecule has 4 nitrogen and oxygen atoms in total. The maximum Gasteiger partial charge on any atom is 0.490 e. The van der Waals surface area contributed by atoms with Crippen molar-refractivity contribution in [3.05, 3.63) is 66.2 Å². The topological polar surface area (TPSA) is 60.4 Å². The van der Waals surface area contributed by atoms with Gasteiger partial charge in [0.15, 0.2) is 15.4 Å². The first-order valence-electron chi connectivity index (χ1n) is 7.30. The van der Waals surface area contributed by atoms with Crippen LogP contribution in [0.5, 0.6) is 0 Å². The van der Waals surface area contributed by atoms with Crippen LogP contribution in [0.4, 0.5) is 13.2 Å². The van der Waals surface area contributed by atoms with Gasteiger partial charge in [0, 0.05) is 5.33 Å². The minimum absolute atomic E-state index is 0.0793. The van der Waals surface area contributed by atoms with Gasteiger partial charge in [-0.15, -0.1) is 0 Å². The lowest BCUT2D eigenvalue weighted by Crippen LogP contribution is -2.44. The lowest BCUT2D eigenvalue weighted by molar-refractivity contribution is -0.211. The van der Waals surface area contributed by atoms with Gasteiger partial charge < -0.3 is 4.74 Å². The Morgan fingerprint density at radius 1 is 0.962 bits per heavy atom. The maximum atomic E-state index is 12.7. The van der Waals surface area contributed by atoms with Gasteiger partial charge in [-0.05, 0) is 17.7 Å². The van der Waals surface area contributed by atoms with Gasteiger partial charge in [0.1, 0.15) is 0 Å². The number of carbonyl (C=O) groups excluding carboxylic acids is 1. The van der Waals surface area contributed by atoms with E-state index in [-0.39, 0.29) is 15.8 Å². The van der Waals surface area contributed by atoms with Gasteiger partial charge in [0.05, 0.1) is 10.6 Å². The highest BCUT2D eigenvalue weighted by Gasteiger charge is 2.49. The average Bonchev–Trinajstić information content (AvgIpc) is 2.61. The summed E-state index contributed by atoms with van der Waals surface area (Å²) in [6.07, 6.45) is -5.25. The largest absolute Gasteiger partial charge is 0.490 e. The Balaban J connectivity index is 2.52. The summed E-state index contributed by atoms with van der Waals surface area (Å²) in [4.78, 5) is 11.4. The quantitative estimate of drug-likeness (QED) is 0.495. The molecule has 0 aliphatic carbocycles. The summed E-state index contributed by atoms with van der Waals surface area (Å²) in [5.74, 6) is -3.30. The predicted octanol–water partition coefficient (Wildman–Crippen LogP) is 3.86. The first-order chi connectivity index (χ1) is 12.1. The second kappa shape index (κ2) is 7.79. The van der Waals surface area contributed by atoms with Crippen molar-refractivity contribution in [2.75, 3.05) is 11.1 Å². The van der Waals surface area contributed by atoms with Crippen molar-refractivity contribution in [3.63, 3.8) is 0 Å². The zero-order chi connectivity index (χ0) is 19.4. The van der Waals surface area contributed by atoms with E-state index in [2.05, 4.69) is 15.9 Å². The molecule has 26 heavy (non-hydrogen) atoms. The Morgan fingerprint density at radius 2 is 1.46 bits per heavy atom. The molecule has 2 rings (SSSR count). The van der Waals surface area contributed by atoms with Crippen LogP contribution in [0.1, 0.15) is 5.56 Å². The standard InChI is InChI=1S/C17H14BrF3O4S/c18-11-16(13-7-3-1-4-8-13,25-15(22)17(19,20)21)12-26(23,24)14-9-5-2-6-10-14/h1-10H,11-12H2. The molecule has 0 amide bonds. The van der Waals surface area contributed by atoms with Crippen LogP contribution in [0.3, 0.4) is 0 Å². The van der Waals surface area contributed by atoms with E-state index in [0.717, 1.165) is 0 Å². The Bertz CT molecular complexity index is 855. The van der Waals surface area contributed by atoms with Gasteiger partial charge in [0.25, 0.3) is 0 Å². The van der Waals surface area contributed by atoms with Crippen molar-refractivity contribution in [3.8, 4) is 0 Å². The highest BCUT2D eigenvalue weighted by molar-refractivity contribution is 9.09. The molecule has 0 aliphatic heterocycles. The number of halogens is 4. The zero-order valence-corrected chi connectivity index (χ0v) is 15.6. The molecule has 9 heteroatoms. The van der Waals surface area contributed by atoms with Gasteiger partial charge in [-0.2, -0.15) is 13.2 Å². The summed E-state index contributed by atoms with van der Waals surface area (Å²) >= 11 is 3.02. The van der Waals surface area contributed by atoms with Crippen molar-refractivity contribution in [2.24, 2.45) is 0 Å². The lowest BCUT2D eigenvalue weighted by Gasteiger charge is -2.32. The molecule has 1 atom stereocenters. The van der Waals surface area contributed by atoms with E-state index in [1.807, 2.05) is 0 Å². The van der Waals surface area contributed by atoms with Gasteiger partial charge in [-0.3, -0.25) is 0 Å². The van der Waals surface area contributed by atoms with E-state index in [4.69, 9.17) is 4.74 Å². The summed E-state index contributed by atoms with van der Waals surface area (Å²) in [6, 6.07) is 14.7. The summed E-state index contributed by atoms with van der Waals surface area (Å²) in [7, 11) is -4.04. The second-order valence-electron chi connectivity index (χ2n) is 5.45. The predicted molar refractivity (Wildman–Crippen MR) is 92.6 cm³/mol. The van der Waals surface area contributed by atoms with Gasteiger partial charge in [-0.25, -0.2) is 13.2 Å². The fourth-order valence-electron chi connectivity index (χ4n) is 2.31. The van der Waals surface area contributed by atoms with E-state index in [0.29, 0.717) is 0 Å². The number of hydrogen-bond donors (Lipinski definition) is 0. The van der Waals surface area contributed by atoms with Crippen LogP contribution in [0.15, 0.2) is 65.6 Å². The molecule has 2 aromatic carbocycles. The third kappa shape index (κ3) is 4.64. The smallest absolute Gasteiger partial charge is 0.446 e. The van der Waals surface area contributed by atoms with Gasteiger partial charge >= 0.3 is 12.1 Å². The monoisotopic (exact) mass is 450 g/mol. The van der Waals surface area contributed by atoms with Gasteiger partial charge in [-0.1, -0.05) is 64.5 Å². The minimum Gasteiger partial charge on any atom is -0.446 e. The normalized spacial score (nSPS) is 14.5. The molecule has 1 unspecified atom stereocenters. The molecular formula is C17H14BrF3O4S. The Morgan fingerprint density at radius 3 is 1.92 bits per heavy atom. The summed E-state index contributed by atoms with van der Waals surface area (Å²) in [6.45, 7) is 0. The summed E-state index contributed by atoms with van der Waals surface area (Å²) < 4.78 is 68.4. The highest BCUT2D eigenvalue weighted by Crippen LogP contribution is 2.34. The fraction of sp³-hybridized carbons (Fsp3) is 0.235. The SMILES string of the molecule is O=C(OC(CBr)(CS(=O)(=O)c1ccccc1)c1ccccc1)C(F)(F)F. The fourth-order valence-corrected chi connectivity index (χ4v) is 4.89. The van der Waals surface area contributed by atoms with E-state index >= 15 is 0 Å². The molecule has 0 fully saturated rings. The van der Waals surface area contributed by atoms with Crippen molar-refractivity contribution < 1.29 is 31.1 Å². The maximum absolute atomic E-state index is 12.7. The van der Waals surface area contributed by atoms with Crippen molar-refractivity contribution >= 4 is 31.7 Å². The van der Waals surface area contributed by atoms with Crippen LogP contribution in [0.2, 0.25) is 0 Å². The molecule has 0 heterocycles. The number of rotatable bonds is 6. The first kappa shape index (κ1) is 20.4. The van der Waals surface area contributed by atoms with Crippen LogP contribution < -0.4 is 0 Å². The summed E-state index contributed by atoms with van der Waals surface area (Å²) in [5.41, 5.74) is -1.91. The zero-order valence-electron chi connectivity index (χ0n) is 13.2. The third-order valence-corrected chi connectivity index (χ3v) is 6.30. The van der Waals surface area contributed by atoms with Crippen LogP contribution in [0.25, 0.3) is 0 Å². The molecule has 2 aromatic rings. The lowest BCUT2D eigenvalue weighted by atomic mass is 9.98. The summed E-state index contributed by atoms with van der Waals surface area (Å²) in [5, 5.41) is -0.335. The third-order valence-electron chi connectivity index (χ3n) is 3.56. The van der Waals surface area contributed by atoms with E-state index in [1.54, 1.807) is 12.1 Å². The van der Waals surface area contributed by atoms with E-state index in [1.165, 1.54) is 48.5 Å². The number of alkyl halides is 4. The Labute approximate surface area is 157 Å². The molecule has 0 N–H and O–H groups in total. The number of carbonyl (C=O) groups is 1. The molecule has 0 saturated carbocycles. The van der Waals surface area contributed by atoms with Crippen molar-refractivity contribution in [2.45, 2.75) is 16.7 Å². The number of benzene rings is 2. The average molecular weight is 451 g/mol. The minimum atomic E-state index is -5.25. The highest BCUT2D eigenvalue weighted by atomic mass is 79.9. The first-order valence-corrected chi connectivity index (χ1v) is 10.1. The Hall–Kier alpha value is -1.87. The molecule has 0 aromatic heterocycles. The number of hydrogen-bond acceptors (Lipinski definition) is 4. The molecule has 140 valence electrons. The Kier molecular flexibility index (Phi) is 6.13. The van der Waals surface area contributed by atoms with Crippen molar-refractivity contribution in [1.82, 2.24) is 0 Å². The van der Waals surface area contributed by atoms with Crippen LogP contribution >= 0.6 is 15.9 Å². The van der Waals surface area contributed by atoms with Gasteiger partial charge in [0.2, 0.25) is 0 Å². The van der Waals surface area contributed by atoms with E-state index in [9.17, 15) is 26.4 Å². The second-order valence-corrected chi connectivity index (χ2v) is 8.00. The number of ether oxygens (including phenoxy) is 1. The molecule has 0 radical (unpaired) electrons. The molecular weight excluding hydrogens is 437 g/mol. The number of esters is 1. The molecule has 0 saturated heterocycles. The molecule has 0 bridgehead atoms. The van der Waals surface area contributed by atoms with E-state index < -0.39 is 33.3 Å². The molecule has 0 spiro atoms. The van der Waals surface area contributed by atoms with Crippen LogP contribution in [0, 0.1) is 0 Å². The molecule has 0 aliphatic rings.